The fraction of sp³-hybridized carbons (Fsp3) is 0.438. The highest BCUT2D eigenvalue weighted by molar-refractivity contribution is 5.76. The van der Waals surface area contributed by atoms with Crippen molar-refractivity contribution in [3.63, 3.8) is 0 Å². The van der Waals surface area contributed by atoms with Gasteiger partial charge < -0.3 is 9.42 Å². The molecule has 1 saturated heterocycles. The van der Waals surface area contributed by atoms with Crippen molar-refractivity contribution in [2.45, 2.75) is 38.8 Å². The minimum Gasteiger partial charge on any atom is -0.340 e. The number of aryl methyl sites for hydroxylation is 2. The number of carbonyl (C=O) groups is 1. The summed E-state index contributed by atoms with van der Waals surface area (Å²) in [6, 6.07) is 5.20. The molecule has 0 aromatic carbocycles. The highest BCUT2D eigenvalue weighted by Gasteiger charge is 2.32. The standard InChI is InChI=1S/C16H18N6O3/c1-11-17-15(19-25-11)12-5-4-9-20(12)14(23)7-10-22-16(24)21-8-3-2-6-13(21)18-22/h2-3,6,8,12H,4-5,7,9-10H2,1H3/t12-/m0/s1. The molecule has 9 nitrogen and oxygen atoms in total. The van der Waals surface area contributed by atoms with E-state index in [0.717, 1.165) is 12.8 Å². The summed E-state index contributed by atoms with van der Waals surface area (Å²) in [5, 5.41) is 8.19. The predicted molar refractivity (Wildman–Crippen MR) is 86.8 cm³/mol. The van der Waals surface area contributed by atoms with Crippen molar-refractivity contribution < 1.29 is 9.32 Å². The summed E-state index contributed by atoms with van der Waals surface area (Å²) in [4.78, 5) is 30.9. The third kappa shape index (κ3) is 2.81. The molecule has 25 heavy (non-hydrogen) atoms. The van der Waals surface area contributed by atoms with E-state index >= 15 is 0 Å². The Hall–Kier alpha value is -2.97. The van der Waals surface area contributed by atoms with Crippen molar-refractivity contribution in [3.8, 4) is 0 Å². The van der Waals surface area contributed by atoms with Crippen LogP contribution in [0.4, 0.5) is 0 Å². The van der Waals surface area contributed by atoms with Crippen LogP contribution in [-0.4, -0.2) is 41.7 Å². The minimum absolute atomic E-state index is 0.0334. The van der Waals surface area contributed by atoms with Crippen LogP contribution in [0.25, 0.3) is 5.65 Å². The summed E-state index contributed by atoms with van der Waals surface area (Å²) in [7, 11) is 0. The van der Waals surface area contributed by atoms with Gasteiger partial charge in [-0.15, -0.1) is 5.10 Å². The molecule has 0 aliphatic carbocycles. The number of fused-ring (bicyclic) bond motifs is 1. The van der Waals surface area contributed by atoms with Crippen molar-refractivity contribution >= 4 is 11.6 Å². The first kappa shape index (κ1) is 15.6. The first-order valence-corrected chi connectivity index (χ1v) is 8.27. The number of nitrogens with zero attached hydrogens (tertiary/aromatic N) is 6. The topological polar surface area (TPSA) is 98.5 Å². The van der Waals surface area contributed by atoms with Crippen molar-refractivity contribution in [2.24, 2.45) is 0 Å². The summed E-state index contributed by atoms with van der Waals surface area (Å²) < 4.78 is 7.82. The second-order valence-corrected chi connectivity index (χ2v) is 6.10. The number of aromatic nitrogens is 5. The Labute approximate surface area is 142 Å². The SMILES string of the molecule is Cc1nc([C@@H]2CCCN2C(=O)CCn2nc3ccccn3c2=O)no1. The number of amides is 1. The van der Waals surface area contributed by atoms with Crippen LogP contribution in [0.2, 0.25) is 0 Å². The number of hydrogen-bond acceptors (Lipinski definition) is 6. The number of pyridine rings is 1. The van der Waals surface area contributed by atoms with E-state index in [-0.39, 0.29) is 30.6 Å². The van der Waals surface area contributed by atoms with Crippen LogP contribution in [0, 0.1) is 6.92 Å². The van der Waals surface area contributed by atoms with E-state index in [9.17, 15) is 9.59 Å². The molecule has 4 heterocycles. The molecule has 1 amide bonds. The average molecular weight is 342 g/mol. The highest BCUT2D eigenvalue weighted by Crippen LogP contribution is 2.30. The van der Waals surface area contributed by atoms with Crippen LogP contribution in [0.3, 0.4) is 0 Å². The van der Waals surface area contributed by atoms with Gasteiger partial charge in [0.05, 0.1) is 12.6 Å². The smallest absolute Gasteiger partial charge is 0.340 e. The summed E-state index contributed by atoms with van der Waals surface area (Å²) >= 11 is 0. The minimum atomic E-state index is -0.241. The lowest BCUT2D eigenvalue weighted by molar-refractivity contribution is -0.132. The van der Waals surface area contributed by atoms with Crippen molar-refractivity contribution in [3.05, 3.63) is 46.6 Å². The lowest BCUT2D eigenvalue weighted by atomic mass is 10.2. The zero-order valence-electron chi connectivity index (χ0n) is 13.8. The quantitative estimate of drug-likeness (QED) is 0.700. The van der Waals surface area contributed by atoms with Crippen molar-refractivity contribution in [1.82, 2.24) is 29.2 Å². The van der Waals surface area contributed by atoms with Gasteiger partial charge in [-0.05, 0) is 25.0 Å². The maximum absolute atomic E-state index is 12.6. The predicted octanol–water partition coefficient (Wildman–Crippen LogP) is 0.941. The maximum atomic E-state index is 12.6. The number of hydrogen-bond donors (Lipinski definition) is 0. The third-order valence-corrected chi connectivity index (χ3v) is 4.44. The van der Waals surface area contributed by atoms with Gasteiger partial charge >= 0.3 is 5.69 Å². The summed E-state index contributed by atoms with van der Waals surface area (Å²) in [5.41, 5.74) is 0.330. The molecule has 0 N–H and O–H groups in total. The number of rotatable bonds is 4. The van der Waals surface area contributed by atoms with Gasteiger partial charge in [0.15, 0.2) is 11.5 Å². The fourth-order valence-electron chi connectivity index (χ4n) is 3.24. The van der Waals surface area contributed by atoms with Gasteiger partial charge in [-0.2, -0.15) is 4.98 Å². The van der Waals surface area contributed by atoms with E-state index in [4.69, 9.17) is 4.52 Å². The molecule has 4 rings (SSSR count). The largest absolute Gasteiger partial charge is 0.350 e. The lowest BCUT2D eigenvalue weighted by Gasteiger charge is -2.22. The number of carbonyl (C=O) groups excluding carboxylic acids is 1. The van der Waals surface area contributed by atoms with Gasteiger partial charge in [0, 0.05) is 26.1 Å². The van der Waals surface area contributed by atoms with E-state index in [2.05, 4.69) is 15.2 Å². The Morgan fingerprint density at radius 1 is 1.40 bits per heavy atom. The maximum Gasteiger partial charge on any atom is 0.350 e. The van der Waals surface area contributed by atoms with Crippen LogP contribution in [0.15, 0.2) is 33.7 Å². The molecule has 0 radical (unpaired) electrons. The van der Waals surface area contributed by atoms with Crippen LogP contribution in [0.5, 0.6) is 0 Å². The highest BCUT2D eigenvalue weighted by atomic mass is 16.5. The molecule has 0 bridgehead atoms. The van der Waals surface area contributed by atoms with Crippen molar-refractivity contribution in [1.29, 1.82) is 0 Å². The second kappa shape index (κ2) is 6.15. The molecular formula is C16H18N6O3. The first-order chi connectivity index (χ1) is 12.1. The van der Waals surface area contributed by atoms with E-state index < -0.39 is 0 Å². The van der Waals surface area contributed by atoms with E-state index in [0.29, 0.717) is 23.9 Å². The molecule has 3 aromatic heterocycles. The fourth-order valence-corrected chi connectivity index (χ4v) is 3.24. The molecule has 1 atom stereocenters. The molecule has 0 unspecified atom stereocenters. The normalized spacial score (nSPS) is 17.5. The van der Waals surface area contributed by atoms with Gasteiger partial charge in [0.25, 0.3) is 0 Å². The summed E-state index contributed by atoms with van der Waals surface area (Å²) in [5.74, 6) is 1.01. The number of likely N-dealkylation sites (tertiary alicyclic amines) is 1. The van der Waals surface area contributed by atoms with Crippen LogP contribution >= 0.6 is 0 Å². The van der Waals surface area contributed by atoms with E-state index in [1.165, 1.54) is 9.08 Å². The van der Waals surface area contributed by atoms with Gasteiger partial charge in [-0.1, -0.05) is 11.2 Å². The molecule has 1 aliphatic heterocycles. The van der Waals surface area contributed by atoms with E-state index in [1.807, 2.05) is 6.07 Å². The van der Waals surface area contributed by atoms with Gasteiger partial charge in [-0.3, -0.25) is 9.20 Å². The Bertz CT molecular complexity index is 972. The molecule has 1 aliphatic rings. The van der Waals surface area contributed by atoms with Crippen LogP contribution in [-0.2, 0) is 11.3 Å². The zero-order chi connectivity index (χ0) is 17.4. The molecule has 9 heteroatoms. The zero-order valence-corrected chi connectivity index (χ0v) is 13.8. The molecule has 3 aromatic rings. The molecule has 1 fully saturated rings. The first-order valence-electron chi connectivity index (χ1n) is 8.27. The Kier molecular flexibility index (Phi) is 3.83. The van der Waals surface area contributed by atoms with Gasteiger partial charge in [-0.25, -0.2) is 9.48 Å². The van der Waals surface area contributed by atoms with Gasteiger partial charge in [0.2, 0.25) is 11.8 Å². The van der Waals surface area contributed by atoms with Crippen molar-refractivity contribution in [2.75, 3.05) is 6.54 Å². The average Bonchev–Trinajstić information content (AvgIpc) is 3.32. The molecule has 0 spiro atoms. The second-order valence-electron chi connectivity index (χ2n) is 6.10. The summed E-state index contributed by atoms with van der Waals surface area (Å²) in [6.07, 6.45) is 3.59. The lowest BCUT2D eigenvalue weighted by Crippen LogP contribution is -2.33. The Morgan fingerprint density at radius 2 is 2.28 bits per heavy atom. The van der Waals surface area contributed by atoms with Gasteiger partial charge in [0.1, 0.15) is 0 Å². The van der Waals surface area contributed by atoms with Crippen LogP contribution in [0.1, 0.15) is 37.0 Å². The summed E-state index contributed by atoms with van der Waals surface area (Å²) in [6.45, 7) is 2.64. The molecule has 130 valence electrons. The molecular weight excluding hydrogens is 324 g/mol. The Morgan fingerprint density at radius 3 is 3.04 bits per heavy atom. The van der Waals surface area contributed by atoms with E-state index in [1.54, 1.807) is 30.2 Å². The Balaban J connectivity index is 1.48. The molecule has 0 saturated carbocycles. The van der Waals surface area contributed by atoms with Crippen LogP contribution < -0.4 is 5.69 Å². The monoisotopic (exact) mass is 342 g/mol. The third-order valence-electron chi connectivity index (χ3n) is 4.44.